The molecule has 12 heavy (non-hydrogen) atoms. The van der Waals surface area contributed by atoms with Crippen molar-refractivity contribution in [3.63, 3.8) is 0 Å². The molecule has 0 atom stereocenters. The van der Waals surface area contributed by atoms with Crippen molar-refractivity contribution in [2.45, 2.75) is 0 Å². The fourth-order valence-corrected chi connectivity index (χ4v) is 0.671. The third-order valence-corrected chi connectivity index (χ3v) is 1.10. The number of anilines is 1. The highest BCUT2D eigenvalue weighted by Crippen LogP contribution is 1.98. The van der Waals surface area contributed by atoms with Crippen LogP contribution in [0.3, 0.4) is 0 Å². The van der Waals surface area contributed by atoms with E-state index in [1.165, 1.54) is 7.11 Å². The molecular weight excluding hydrogens is 158 g/mol. The molecule has 0 saturated carbocycles. The van der Waals surface area contributed by atoms with E-state index in [4.69, 9.17) is 0 Å². The molecule has 0 bridgehead atoms. The normalized spacial score (nSPS) is 9.08. The van der Waals surface area contributed by atoms with Gasteiger partial charge in [-0.1, -0.05) is 6.07 Å². The lowest BCUT2D eigenvalue weighted by Gasteiger charge is -2.02. The summed E-state index contributed by atoms with van der Waals surface area (Å²) in [6.45, 7) is 0. The Bertz CT molecular complexity index is 250. The summed E-state index contributed by atoms with van der Waals surface area (Å²) < 4.78 is 0. The number of nitrogens with zero attached hydrogens (tertiary/aromatic N) is 1. The average Bonchev–Trinajstić information content (AvgIpc) is 2.06. The van der Waals surface area contributed by atoms with Gasteiger partial charge < -0.3 is 0 Å². The molecule has 0 saturated heterocycles. The standard InChI is InChI=1S/C7H9N3O2/c1-12-10-7(11)9-6-4-2-3-5-8-6/h2-5H,1H3,(H2,8,9,10,11). The smallest absolute Gasteiger partial charge is 0.291 e. The number of urea groups is 1. The SMILES string of the molecule is CONC(=O)Nc1ccccn1. The van der Waals surface area contributed by atoms with E-state index in [1.54, 1.807) is 24.4 Å². The first-order valence-corrected chi connectivity index (χ1v) is 3.34. The van der Waals surface area contributed by atoms with Crippen LogP contribution in [0.1, 0.15) is 0 Å². The van der Waals surface area contributed by atoms with Gasteiger partial charge >= 0.3 is 6.03 Å². The third-order valence-electron chi connectivity index (χ3n) is 1.10. The van der Waals surface area contributed by atoms with Gasteiger partial charge in [0.15, 0.2) is 0 Å². The first-order valence-electron chi connectivity index (χ1n) is 3.34. The maximum atomic E-state index is 10.8. The first kappa shape index (κ1) is 8.48. The van der Waals surface area contributed by atoms with Crippen molar-refractivity contribution in [1.29, 1.82) is 0 Å². The third kappa shape index (κ3) is 2.55. The van der Waals surface area contributed by atoms with E-state index in [1.807, 2.05) is 0 Å². The highest BCUT2D eigenvalue weighted by Gasteiger charge is 1.98. The highest BCUT2D eigenvalue weighted by molar-refractivity contribution is 5.87. The maximum Gasteiger partial charge on any atom is 0.344 e. The van der Waals surface area contributed by atoms with Gasteiger partial charge in [-0.25, -0.2) is 15.3 Å². The Morgan fingerprint density at radius 2 is 2.42 bits per heavy atom. The van der Waals surface area contributed by atoms with Crippen LogP contribution in [-0.4, -0.2) is 18.1 Å². The topological polar surface area (TPSA) is 63.2 Å². The summed E-state index contributed by atoms with van der Waals surface area (Å²) in [4.78, 5) is 19.1. The number of hydroxylamine groups is 1. The second-order valence-electron chi connectivity index (χ2n) is 1.98. The Kier molecular flexibility index (Phi) is 3.04. The zero-order valence-electron chi connectivity index (χ0n) is 6.57. The Labute approximate surface area is 69.7 Å². The fourth-order valence-electron chi connectivity index (χ4n) is 0.671. The molecule has 5 heteroatoms. The second kappa shape index (κ2) is 4.30. The number of amides is 2. The summed E-state index contributed by atoms with van der Waals surface area (Å²) >= 11 is 0. The molecule has 0 spiro atoms. The number of hydrogen-bond donors (Lipinski definition) is 2. The molecule has 64 valence electrons. The number of hydrogen-bond acceptors (Lipinski definition) is 3. The lowest BCUT2D eigenvalue weighted by atomic mass is 10.5. The van der Waals surface area contributed by atoms with E-state index in [2.05, 4.69) is 20.6 Å². The molecule has 1 aromatic heterocycles. The number of pyridine rings is 1. The van der Waals surface area contributed by atoms with E-state index in [9.17, 15) is 4.79 Å². The molecule has 1 rings (SSSR count). The van der Waals surface area contributed by atoms with Crippen LogP contribution in [0.2, 0.25) is 0 Å². The molecule has 2 amide bonds. The Morgan fingerprint density at radius 3 is 3.00 bits per heavy atom. The number of aromatic nitrogens is 1. The van der Waals surface area contributed by atoms with Gasteiger partial charge in [-0.05, 0) is 12.1 Å². The summed E-state index contributed by atoms with van der Waals surface area (Å²) in [5.74, 6) is 0.479. The highest BCUT2D eigenvalue weighted by atomic mass is 16.6. The van der Waals surface area contributed by atoms with Gasteiger partial charge in [-0.3, -0.25) is 10.2 Å². The van der Waals surface area contributed by atoms with Gasteiger partial charge in [0.1, 0.15) is 5.82 Å². The van der Waals surface area contributed by atoms with Crippen molar-refractivity contribution in [2.24, 2.45) is 0 Å². The number of nitrogens with one attached hydrogen (secondary N) is 2. The van der Waals surface area contributed by atoms with Crippen molar-refractivity contribution in [2.75, 3.05) is 12.4 Å². The van der Waals surface area contributed by atoms with Crippen LogP contribution in [0, 0.1) is 0 Å². The summed E-state index contributed by atoms with van der Waals surface area (Å²) in [7, 11) is 1.36. The minimum Gasteiger partial charge on any atom is -0.291 e. The predicted octanol–water partition coefficient (Wildman–Crippen LogP) is 0.764. The van der Waals surface area contributed by atoms with E-state index in [-0.39, 0.29) is 0 Å². The van der Waals surface area contributed by atoms with Crippen molar-refractivity contribution < 1.29 is 9.63 Å². The van der Waals surface area contributed by atoms with Crippen molar-refractivity contribution in [3.8, 4) is 0 Å². The quantitative estimate of drug-likeness (QED) is 0.639. The molecule has 2 N–H and O–H groups in total. The molecule has 1 heterocycles. The Morgan fingerprint density at radius 1 is 1.58 bits per heavy atom. The number of rotatable bonds is 2. The lowest BCUT2D eigenvalue weighted by Crippen LogP contribution is -2.27. The molecule has 1 aromatic rings. The van der Waals surface area contributed by atoms with E-state index >= 15 is 0 Å². The molecule has 0 radical (unpaired) electrons. The predicted molar refractivity (Wildman–Crippen MR) is 43.4 cm³/mol. The van der Waals surface area contributed by atoms with Crippen LogP contribution in [-0.2, 0) is 4.84 Å². The minimum atomic E-state index is -0.448. The van der Waals surface area contributed by atoms with Gasteiger partial charge in [-0.2, -0.15) is 0 Å². The molecule has 0 unspecified atom stereocenters. The van der Waals surface area contributed by atoms with Crippen LogP contribution < -0.4 is 10.8 Å². The van der Waals surface area contributed by atoms with Crippen LogP contribution in [0.4, 0.5) is 10.6 Å². The summed E-state index contributed by atoms with van der Waals surface area (Å²) in [5, 5.41) is 2.46. The molecular formula is C7H9N3O2. The summed E-state index contributed by atoms with van der Waals surface area (Å²) in [6, 6.07) is 4.76. The zero-order chi connectivity index (χ0) is 8.81. The minimum absolute atomic E-state index is 0.448. The molecule has 0 fully saturated rings. The number of carbonyl (C=O) groups excluding carboxylic acids is 1. The van der Waals surface area contributed by atoms with Crippen molar-refractivity contribution in [3.05, 3.63) is 24.4 Å². The molecule has 0 aromatic carbocycles. The number of carbonyl (C=O) groups is 1. The second-order valence-corrected chi connectivity index (χ2v) is 1.98. The maximum absolute atomic E-state index is 10.8. The largest absolute Gasteiger partial charge is 0.344 e. The zero-order valence-corrected chi connectivity index (χ0v) is 6.57. The van der Waals surface area contributed by atoms with Crippen LogP contribution >= 0.6 is 0 Å². The fraction of sp³-hybridized carbons (Fsp3) is 0.143. The van der Waals surface area contributed by atoms with Gasteiger partial charge in [-0.15, -0.1) is 0 Å². The summed E-state index contributed by atoms with van der Waals surface area (Å²) in [6.07, 6.45) is 1.59. The monoisotopic (exact) mass is 167 g/mol. The van der Waals surface area contributed by atoms with Crippen molar-refractivity contribution in [1.82, 2.24) is 10.5 Å². The Balaban J connectivity index is 2.47. The Hall–Kier alpha value is -1.62. The van der Waals surface area contributed by atoms with Crippen LogP contribution in [0.15, 0.2) is 24.4 Å². The average molecular weight is 167 g/mol. The molecule has 5 nitrogen and oxygen atoms in total. The van der Waals surface area contributed by atoms with Gasteiger partial charge in [0.25, 0.3) is 0 Å². The van der Waals surface area contributed by atoms with E-state index in [0.717, 1.165) is 0 Å². The van der Waals surface area contributed by atoms with Crippen molar-refractivity contribution >= 4 is 11.8 Å². The van der Waals surface area contributed by atoms with E-state index in [0.29, 0.717) is 5.82 Å². The van der Waals surface area contributed by atoms with Crippen LogP contribution in [0.25, 0.3) is 0 Å². The molecule has 0 aliphatic rings. The molecule has 0 aliphatic carbocycles. The van der Waals surface area contributed by atoms with E-state index < -0.39 is 6.03 Å². The molecule has 0 aliphatic heterocycles. The van der Waals surface area contributed by atoms with Gasteiger partial charge in [0.2, 0.25) is 0 Å². The lowest BCUT2D eigenvalue weighted by molar-refractivity contribution is 0.114. The van der Waals surface area contributed by atoms with Gasteiger partial charge in [0, 0.05) is 6.20 Å². The first-order chi connectivity index (χ1) is 5.83. The van der Waals surface area contributed by atoms with Gasteiger partial charge in [0.05, 0.1) is 7.11 Å². The summed E-state index contributed by atoms with van der Waals surface area (Å²) in [5.41, 5.74) is 2.10. The van der Waals surface area contributed by atoms with Crippen LogP contribution in [0.5, 0.6) is 0 Å².